The summed E-state index contributed by atoms with van der Waals surface area (Å²) in [5, 5.41) is 0.761. The van der Waals surface area contributed by atoms with Gasteiger partial charge < -0.3 is 18.8 Å². The van der Waals surface area contributed by atoms with Crippen LogP contribution < -0.4 is 9.47 Å². The number of hydrogen-bond donors (Lipinski definition) is 0. The van der Waals surface area contributed by atoms with Crippen molar-refractivity contribution in [1.82, 2.24) is 9.55 Å². The Kier molecular flexibility index (Phi) is 6.74. The Morgan fingerprint density at radius 3 is 2.52 bits per heavy atom. The standard InChI is InChI=1S/C25H21BrN2O5/c1-31-18-8-6-17(7-9-18)24(30)21-14-28(25-20(21)10-11-22(26)27-25)13-16-4-3-5-19(12-16)33-15-23(29)32-2/h3-12,14H,13,15H2,1-2H3. The fourth-order valence-corrected chi connectivity index (χ4v) is 3.77. The van der Waals surface area contributed by atoms with Crippen LogP contribution in [-0.2, 0) is 16.1 Å². The molecule has 0 N–H and O–H groups in total. The number of ether oxygens (including phenoxy) is 3. The Morgan fingerprint density at radius 2 is 1.79 bits per heavy atom. The molecule has 0 saturated carbocycles. The number of carbonyl (C=O) groups is 2. The van der Waals surface area contributed by atoms with Gasteiger partial charge in [0.25, 0.3) is 0 Å². The predicted octanol–water partition coefficient (Wildman–Crippen LogP) is 4.64. The lowest BCUT2D eigenvalue weighted by atomic mass is 10.0. The number of aromatic nitrogens is 2. The van der Waals surface area contributed by atoms with Crippen molar-refractivity contribution in [1.29, 1.82) is 0 Å². The second-order valence-electron chi connectivity index (χ2n) is 7.25. The lowest BCUT2D eigenvalue weighted by molar-refractivity contribution is -0.142. The molecule has 0 aliphatic carbocycles. The molecule has 2 aromatic heterocycles. The lowest BCUT2D eigenvalue weighted by Crippen LogP contribution is -2.12. The average Bonchev–Trinajstić information content (AvgIpc) is 3.19. The van der Waals surface area contributed by atoms with E-state index in [1.165, 1.54) is 7.11 Å². The molecule has 0 fully saturated rings. The zero-order chi connectivity index (χ0) is 23.4. The monoisotopic (exact) mass is 508 g/mol. The Labute approximate surface area is 199 Å². The minimum Gasteiger partial charge on any atom is -0.497 e. The molecule has 33 heavy (non-hydrogen) atoms. The van der Waals surface area contributed by atoms with E-state index in [0.717, 1.165) is 10.9 Å². The van der Waals surface area contributed by atoms with Crippen molar-refractivity contribution in [3.63, 3.8) is 0 Å². The van der Waals surface area contributed by atoms with Crippen molar-refractivity contribution in [2.24, 2.45) is 0 Å². The number of nitrogens with zero attached hydrogens (tertiary/aromatic N) is 2. The fraction of sp³-hybridized carbons (Fsp3) is 0.160. The van der Waals surface area contributed by atoms with E-state index in [1.54, 1.807) is 37.4 Å². The summed E-state index contributed by atoms with van der Waals surface area (Å²) in [5.41, 5.74) is 2.74. The first-order valence-electron chi connectivity index (χ1n) is 10.1. The Morgan fingerprint density at radius 1 is 1.00 bits per heavy atom. The highest BCUT2D eigenvalue weighted by molar-refractivity contribution is 9.10. The van der Waals surface area contributed by atoms with Crippen LogP contribution in [-0.4, -0.2) is 42.1 Å². The highest BCUT2D eigenvalue weighted by Crippen LogP contribution is 2.26. The molecular formula is C25H21BrN2O5. The first kappa shape index (κ1) is 22.5. The van der Waals surface area contributed by atoms with Crippen LogP contribution in [0.3, 0.4) is 0 Å². The maximum absolute atomic E-state index is 13.3. The number of rotatable bonds is 8. The maximum atomic E-state index is 13.3. The molecule has 0 bridgehead atoms. The zero-order valence-electron chi connectivity index (χ0n) is 18.1. The van der Waals surface area contributed by atoms with Gasteiger partial charge in [-0.15, -0.1) is 0 Å². The molecule has 168 valence electrons. The molecule has 4 rings (SSSR count). The minimum atomic E-state index is -0.451. The molecule has 2 heterocycles. The van der Waals surface area contributed by atoms with E-state index in [2.05, 4.69) is 25.7 Å². The molecule has 8 heteroatoms. The zero-order valence-corrected chi connectivity index (χ0v) is 19.7. The van der Waals surface area contributed by atoms with Crippen LogP contribution in [0.4, 0.5) is 0 Å². The number of pyridine rings is 1. The van der Waals surface area contributed by atoms with Crippen LogP contribution in [0, 0.1) is 0 Å². The molecule has 4 aromatic rings. The highest BCUT2D eigenvalue weighted by Gasteiger charge is 2.18. The van der Waals surface area contributed by atoms with Crippen LogP contribution in [0.2, 0.25) is 0 Å². The molecule has 0 atom stereocenters. The topological polar surface area (TPSA) is 79.7 Å². The Bertz CT molecular complexity index is 1310. The summed E-state index contributed by atoms with van der Waals surface area (Å²) in [6.45, 7) is 0.298. The van der Waals surface area contributed by atoms with Crippen LogP contribution in [0.5, 0.6) is 11.5 Å². The van der Waals surface area contributed by atoms with E-state index in [4.69, 9.17) is 9.47 Å². The van der Waals surface area contributed by atoms with Gasteiger partial charge in [0.15, 0.2) is 12.4 Å². The molecule has 0 aliphatic rings. The van der Waals surface area contributed by atoms with Gasteiger partial charge in [-0.25, -0.2) is 9.78 Å². The SMILES string of the molecule is COC(=O)COc1cccc(Cn2cc(C(=O)c3ccc(OC)cc3)c3ccc(Br)nc32)c1. The number of benzene rings is 2. The van der Waals surface area contributed by atoms with Crippen molar-refractivity contribution in [2.45, 2.75) is 6.54 Å². The molecule has 0 aliphatic heterocycles. The van der Waals surface area contributed by atoms with Crippen molar-refractivity contribution in [3.8, 4) is 11.5 Å². The van der Waals surface area contributed by atoms with Gasteiger partial charge in [0, 0.05) is 29.3 Å². The normalized spacial score (nSPS) is 10.8. The van der Waals surface area contributed by atoms with Crippen LogP contribution in [0.15, 0.2) is 71.5 Å². The molecule has 0 radical (unpaired) electrons. The third-order valence-electron chi connectivity index (χ3n) is 5.12. The number of methoxy groups -OCH3 is 2. The van der Waals surface area contributed by atoms with Crippen LogP contribution in [0.25, 0.3) is 11.0 Å². The largest absolute Gasteiger partial charge is 0.497 e. The molecule has 0 amide bonds. The summed E-state index contributed by atoms with van der Waals surface area (Å²) in [5.74, 6) is 0.695. The van der Waals surface area contributed by atoms with E-state index in [1.807, 2.05) is 41.1 Å². The van der Waals surface area contributed by atoms with Gasteiger partial charge in [-0.2, -0.15) is 0 Å². The van der Waals surface area contributed by atoms with E-state index in [-0.39, 0.29) is 12.4 Å². The minimum absolute atomic E-state index is 0.0966. The number of ketones is 1. The summed E-state index contributed by atoms with van der Waals surface area (Å²) in [4.78, 5) is 29.2. The maximum Gasteiger partial charge on any atom is 0.343 e. The molecule has 2 aromatic carbocycles. The third kappa shape index (κ3) is 5.06. The predicted molar refractivity (Wildman–Crippen MR) is 127 cm³/mol. The average molecular weight is 509 g/mol. The molecule has 0 spiro atoms. The van der Waals surface area contributed by atoms with Crippen LogP contribution in [0.1, 0.15) is 21.5 Å². The van der Waals surface area contributed by atoms with E-state index >= 15 is 0 Å². The smallest absolute Gasteiger partial charge is 0.343 e. The second kappa shape index (κ2) is 9.87. The quantitative estimate of drug-likeness (QED) is 0.196. The van der Waals surface area contributed by atoms with Crippen molar-refractivity contribution in [3.05, 3.63) is 88.2 Å². The first-order valence-corrected chi connectivity index (χ1v) is 10.9. The summed E-state index contributed by atoms with van der Waals surface area (Å²) in [6.07, 6.45) is 1.82. The van der Waals surface area contributed by atoms with Crippen molar-refractivity contribution < 1.29 is 23.8 Å². The molecule has 0 saturated heterocycles. The number of hydrogen-bond acceptors (Lipinski definition) is 6. The number of carbonyl (C=O) groups excluding carboxylic acids is 2. The summed E-state index contributed by atoms with van der Waals surface area (Å²) in [6, 6.07) is 18.1. The van der Waals surface area contributed by atoms with Crippen molar-refractivity contribution >= 4 is 38.7 Å². The van der Waals surface area contributed by atoms with E-state index < -0.39 is 5.97 Å². The summed E-state index contributed by atoms with van der Waals surface area (Å²) in [7, 11) is 2.90. The van der Waals surface area contributed by atoms with Gasteiger partial charge in [-0.1, -0.05) is 12.1 Å². The number of halogens is 1. The number of fused-ring (bicyclic) bond motifs is 1. The van der Waals surface area contributed by atoms with Gasteiger partial charge in [-0.3, -0.25) is 4.79 Å². The highest BCUT2D eigenvalue weighted by atomic mass is 79.9. The fourth-order valence-electron chi connectivity index (χ4n) is 3.47. The summed E-state index contributed by atoms with van der Waals surface area (Å²) >= 11 is 3.42. The molecular weight excluding hydrogens is 488 g/mol. The van der Waals surface area contributed by atoms with Crippen molar-refractivity contribution in [2.75, 3.05) is 20.8 Å². The third-order valence-corrected chi connectivity index (χ3v) is 5.56. The number of esters is 1. The Hall–Kier alpha value is -3.65. The van der Waals surface area contributed by atoms with Gasteiger partial charge in [0.2, 0.25) is 0 Å². The van der Waals surface area contributed by atoms with E-state index in [0.29, 0.717) is 39.4 Å². The van der Waals surface area contributed by atoms with Gasteiger partial charge in [0.1, 0.15) is 21.7 Å². The van der Waals surface area contributed by atoms with Gasteiger partial charge in [0.05, 0.1) is 14.2 Å². The molecule has 0 unspecified atom stereocenters. The molecule has 7 nitrogen and oxygen atoms in total. The van der Waals surface area contributed by atoms with Crippen LogP contribution >= 0.6 is 15.9 Å². The van der Waals surface area contributed by atoms with Gasteiger partial charge in [-0.05, 0) is 70.0 Å². The van der Waals surface area contributed by atoms with E-state index in [9.17, 15) is 9.59 Å². The lowest BCUT2D eigenvalue weighted by Gasteiger charge is -2.09. The first-order chi connectivity index (χ1) is 16.0. The second-order valence-corrected chi connectivity index (χ2v) is 8.06. The Balaban J connectivity index is 1.67. The summed E-state index contributed by atoms with van der Waals surface area (Å²) < 4.78 is 17.9. The van der Waals surface area contributed by atoms with Gasteiger partial charge >= 0.3 is 5.97 Å².